The first-order chi connectivity index (χ1) is 15.3. The number of para-hydroxylation sites is 1. The molecule has 4 aromatic rings. The zero-order chi connectivity index (χ0) is 21.0. The molecule has 0 aliphatic carbocycles. The topological polar surface area (TPSA) is 50.1 Å². The second kappa shape index (κ2) is 8.65. The summed E-state index contributed by atoms with van der Waals surface area (Å²) < 4.78 is 15.2. The van der Waals surface area contributed by atoms with E-state index in [2.05, 4.69) is 43.2 Å². The van der Waals surface area contributed by atoms with Crippen molar-refractivity contribution < 1.29 is 4.39 Å². The van der Waals surface area contributed by atoms with Gasteiger partial charge in [-0.25, -0.2) is 14.1 Å². The Morgan fingerprint density at radius 3 is 2.35 bits per heavy atom. The van der Waals surface area contributed by atoms with E-state index in [-0.39, 0.29) is 5.82 Å². The molecule has 6 nitrogen and oxygen atoms in total. The summed E-state index contributed by atoms with van der Waals surface area (Å²) in [4.78, 5) is 13.8. The third-order valence-electron chi connectivity index (χ3n) is 5.53. The maximum absolute atomic E-state index is 13.3. The minimum Gasteiger partial charge on any atom is -0.352 e. The normalized spacial score (nSPS) is 14.7. The van der Waals surface area contributed by atoms with Crippen molar-refractivity contribution >= 4 is 5.82 Å². The number of anilines is 1. The molecule has 0 radical (unpaired) electrons. The first-order valence-electron chi connectivity index (χ1n) is 10.4. The molecule has 1 fully saturated rings. The van der Waals surface area contributed by atoms with E-state index in [4.69, 9.17) is 0 Å². The van der Waals surface area contributed by atoms with Crippen LogP contribution in [-0.2, 0) is 6.54 Å². The molecule has 1 saturated heterocycles. The van der Waals surface area contributed by atoms with Gasteiger partial charge in [0, 0.05) is 62.4 Å². The van der Waals surface area contributed by atoms with Crippen LogP contribution in [0.5, 0.6) is 0 Å². The van der Waals surface area contributed by atoms with Gasteiger partial charge < -0.3 is 4.90 Å². The Balaban J connectivity index is 1.25. The quantitative estimate of drug-likeness (QED) is 0.497. The molecule has 1 aliphatic rings. The molecule has 156 valence electrons. The number of aromatic nitrogens is 4. The highest BCUT2D eigenvalue weighted by Crippen LogP contribution is 2.27. The predicted molar refractivity (Wildman–Crippen MR) is 118 cm³/mol. The van der Waals surface area contributed by atoms with Gasteiger partial charge in [-0.15, -0.1) is 0 Å². The highest BCUT2D eigenvalue weighted by atomic mass is 19.1. The first-order valence-corrected chi connectivity index (χ1v) is 10.4. The fourth-order valence-electron chi connectivity index (χ4n) is 3.91. The van der Waals surface area contributed by atoms with Crippen molar-refractivity contribution in [3.63, 3.8) is 0 Å². The van der Waals surface area contributed by atoms with Crippen LogP contribution in [0.3, 0.4) is 0 Å². The monoisotopic (exact) mass is 414 g/mol. The molecule has 3 heterocycles. The van der Waals surface area contributed by atoms with Crippen LogP contribution in [-0.4, -0.2) is 50.8 Å². The maximum atomic E-state index is 13.3. The lowest BCUT2D eigenvalue weighted by Gasteiger charge is -2.35. The maximum Gasteiger partial charge on any atom is 0.155 e. The molecule has 0 amide bonds. The summed E-state index contributed by atoms with van der Waals surface area (Å²) in [6, 6.07) is 16.6. The summed E-state index contributed by atoms with van der Waals surface area (Å²) in [6.07, 6.45) is 7.43. The lowest BCUT2D eigenvalue weighted by atomic mass is 10.1. The van der Waals surface area contributed by atoms with Crippen LogP contribution in [0.15, 0.2) is 79.4 Å². The molecule has 5 rings (SSSR count). The van der Waals surface area contributed by atoms with Gasteiger partial charge in [0.25, 0.3) is 0 Å². The number of hydrogen-bond donors (Lipinski definition) is 0. The van der Waals surface area contributed by atoms with E-state index in [1.165, 1.54) is 17.7 Å². The van der Waals surface area contributed by atoms with Crippen LogP contribution in [0.2, 0.25) is 0 Å². The summed E-state index contributed by atoms with van der Waals surface area (Å²) in [6.45, 7) is 4.44. The van der Waals surface area contributed by atoms with Crippen molar-refractivity contribution in [3.8, 4) is 16.9 Å². The molecule has 31 heavy (non-hydrogen) atoms. The molecular weight excluding hydrogens is 391 g/mol. The Morgan fingerprint density at radius 2 is 1.58 bits per heavy atom. The molecular formula is C24H23FN6. The summed E-state index contributed by atoms with van der Waals surface area (Å²) in [5, 5.41) is 4.50. The van der Waals surface area contributed by atoms with Crippen molar-refractivity contribution in [2.45, 2.75) is 6.54 Å². The smallest absolute Gasteiger partial charge is 0.155 e. The zero-order valence-electron chi connectivity index (χ0n) is 17.1. The van der Waals surface area contributed by atoms with Crippen molar-refractivity contribution in [1.29, 1.82) is 0 Å². The van der Waals surface area contributed by atoms with Crippen LogP contribution < -0.4 is 4.90 Å². The Hall–Kier alpha value is -3.58. The van der Waals surface area contributed by atoms with Crippen LogP contribution >= 0.6 is 0 Å². The molecule has 0 bridgehead atoms. The van der Waals surface area contributed by atoms with E-state index in [1.54, 1.807) is 24.5 Å². The van der Waals surface area contributed by atoms with Crippen molar-refractivity contribution in [2.24, 2.45) is 0 Å². The van der Waals surface area contributed by atoms with Crippen LogP contribution in [0, 0.1) is 5.82 Å². The van der Waals surface area contributed by atoms with Gasteiger partial charge in [0.1, 0.15) is 11.5 Å². The summed E-state index contributed by atoms with van der Waals surface area (Å²) in [5.41, 5.74) is 3.93. The SMILES string of the molecule is Fc1ccc(-c2nccnc2N2CCN(Cc3cnn(-c4ccccc4)c3)CC2)cc1. The summed E-state index contributed by atoms with van der Waals surface area (Å²) in [7, 11) is 0. The van der Waals surface area contributed by atoms with Crippen molar-refractivity contribution in [2.75, 3.05) is 31.1 Å². The zero-order valence-corrected chi connectivity index (χ0v) is 17.1. The number of rotatable bonds is 5. The van der Waals surface area contributed by atoms with Gasteiger partial charge in [0.2, 0.25) is 0 Å². The fraction of sp³-hybridized carbons (Fsp3) is 0.208. The molecule has 2 aromatic heterocycles. The summed E-state index contributed by atoms with van der Waals surface area (Å²) in [5.74, 6) is 0.601. The Kier molecular flexibility index (Phi) is 5.41. The standard InChI is InChI=1S/C24H23FN6/c25-21-8-6-20(7-9-21)23-24(27-11-10-26-23)30-14-12-29(13-15-30)17-19-16-28-31(18-19)22-4-2-1-3-5-22/h1-11,16,18H,12-15,17H2. The van der Waals surface area contributed by atoms with Gasteiger partial charge in [0.05, 0.1) is 11.9 Å². The predicted octanol–water partition coefficient (Wildman–Crippen LogP) is 3.79. The second-order valence-electron chi connectivity index (χ2n) is 7.63. The van der Waals surface area contributed by atoms with Gasteiger partial charge in [-0.1, -0.05) is 18.2 Å². The Bertz CT molecular complexity index is 1130. The molecule has 0 atom stereocenters. The van der Waals surface area contributed by atoms with Gasteiger partial charge >= 0.3 is 0 Å². The number of benzene rings is 2. The number of halogens is 1. The Morgan fingerprint density at radius 1 is 0.839 bits per heavy atom. The summed E-state index contributed by atoms with van der Waals surface area (Å²) >= 11 is 0. The van der Waals surface area contributed by atoms with Gasteiger partial charge in [-0.2, -0.15) is 5.10 Å². The average molecular weight is 414 g/mol. The van der Waals surface area contributed by atoms with E-state index in [1.807, 2.05) is 29.1 Å². The lowest BCUT2D eigenvalue weighted by molar-refractivity contribution is 0.249. The highest BCUT2D eigenvalue weighted by molar-refractivity contribution is 5.72. The molecule has 0 unspecified atom stereocenters. The molecule has 0 saturated carbocycles. The third kappa shape index (κ3) is 4.32. The minimum atomic E-state index is -0.251. The number of piperazine rings is 1. The van der Waals surface area contributed by atoms with E-state index in [0.717, 1.165) is 55.5 Å². The van der Waals surface area contributed by atoms with Crippen LogP contribution in [0.1, 0.15) is 5.56 Å². The first kappa shape index (κ1) is 19.4. The second-order valence-corrected chi connectivity index (χ2v) is 7.63. The molecule has 2 aromatic carbocycles. The lowest BCUT2D eigenvalue weighted by Crippen LogP contribution is -2.46. The largest absolute Gasteiger partial charge is 0.352 e. The van der Waals surface area contributed by atoms with Crippen molar-refractivity contribution in [3.05, 3.63) is 90.8 Å². The average Bonchev–Trinajstić information content (AvgIpc) is 3.29. The fourth-order valence-corrected chi connectivity index (χ4v) is 3.91. The van der Waals surface area contributed by atoms with E-state index >= 15 is 0 Å². The van der Waals surface area contributed by atoms with E-state index in [0.29, 0.717) is 0 Å². The van der Waals surface area contributed by atoms with Crippen LogP contribution in [0.4, 0.5) is 10.2 Å². The van der Waals surface area contributed by atoms with E-state index < -0.39 is 0 Å². The molecule has 0 spiro atoms. The minimum absolute atomic E-state index is 0.251. The van der Waals surface area contributed by atoms with E-state index in [9.17, 15) is 4.39 Å². The number of hydrogen-bond acceptors (Lipinski definition) is 5. The van der Waals surface area contributed by atoms with Crippen LogP contribution in [0.25, 0.3) is 16.9 Å². The van der Waals surface area contributed by atoms with Gasteiger partial charge in [0.15, 0.2) is 5.82 Å². The molecule has 0 N–H and O–H groups in total. The van der Waals surface area contributed by atoms with Gasteiger partial charge in [-0.3, -0.25) is 9.88 Å². The molecule has 7 heteroatoms. The number of nitrogens with zero attached hydrogens (tertiary/aromatic N) is 6. The van der Waals surface area contributed by atoms with Gasteiger partial charge in [-0.05, 0) is 36.4 Å². The van der Waals surface area contributed by atoms with Crippen molar-refractivity contribution in [1.82, 2.24) is 24.6 Å². The third-order valence-corrected chi connectivity index (χ3v) is 5.53. The Labute approximate surface area is 180 Å². The molecule has 1 aliphatic heterocycles. The highest BCUT2D eigenvalue weighted by Gasteiger charge is 2.22.